The number of ether oxygens (including phenoxy) is 2. The summed E-state index contributed by atoms with van der Waals surface area (Å²) in [6.45, 7) is 2.30. The van der Waals surface area contributed by atoms with Crippen LogP contribution in [0.1, 0.15) is 40.8 Å². The average molecular weight is 717 g/mol. The van der Waals surface area contributed by atoms with E-state index >= 15 is 0 Å². The van der Waals surface area contributed by atoms with E-state index in [2.05, 4.69) is 10.2 Å². The van der Waals surface area contributed by atoms with E-state index < -0.39 is 17.7 Å². The number of anilines is 1. The first-order chi connectivity index (χ1) is 23.2. The lowest BCUT2D eigenvalue weighted by Gasteiger charge is -2.23. The van der Waals surface area contributed by atoms with Crippen LogP contribution >= 0.6 is 46.3 Å². The van der Waals surface area contributed by atoms with Crippen LogP contribution in [-0.2, 0) is 28.4 Å². The summed E-state index contributed by atoms with van der Waals surface area (Å²) in [5.41, 5.74) is 3.70. The molecule has 1 saturated heterocycles. The molecule has 7 rings (SSSR count). The van der Waals surface area contributed by atoms with Gasteiger partial charge in [-0.1, -0.05) is 94.8 Å². The molecule has 12 heteroatoms. The van der Waals surface area contributed by atoms with Gasteiger partial charge in [-0.25, -0.2) is 0 Å². The molecule has 1 aromatic heterocycles. The van der Waals surface area contributed by atoms with Crippen molar-refractivity contribution in [1.82, 2.24) is 10.2 Å². The van der Waals surface area contributed by atoms with Crippen LogP contribution in [0.3, 0.4) is 0 Å². The smallest absolute Gasteiger partial charge is 0.301 e. The lowest BCUT2D eigenvalue weighted by Crippen LogP contribution is -2.29. The first-order valence-electron chi connectivity index (χ1n) is 15.0. The highest BCUT2D eigenvalue weighted by Gasteiger charge is 2.48. The third kappa shape index (κ3) is 6.53. The quantitative estimate of drug-likeness (QED) is 0.0532. The molecule has 2 unspecified atom stereocenters. The Bertz CT molecular complexity index is 2070. The number of thioether (sulfide) groups is 1. The van der Waals surface area contributed by atoms with Gasteiger partial charge in [-0.2, -0.15) is 0 Å². The molecule has 48 heavy (non-hydrogen) atoms. The van der Waals surface area contributed by atoms with Crippen molar-refractivity contribution in [3.63, 3.8) is 0 Å². The molecule has 0 aliphatic carbocycles. The lowest BCUT2D eigenvalue weighted by atomic mass is 9.94. The first kappa shape index (κ1) is 32.2. The summed E-state index contributed by atoms with van der Waals surface area (Å²) in [5, 5.41) is 21.7. The zero-order valence-corrected chi connectivity index (χ0v) is 28.6. The van der Waals surface area contributed by atoms with Crippen LogP contribution in [0.25, 0.3) is 5.76 Å². The molecule has 1 N–H and O–H groups in total. The number of aromatic nitrogens is 2. The Morgan fingerprint density at radius 2 is 1.85 bits per heavy atom. The summed E-state index contributed by atoms with van der Waals surface area (Å²) in [6, 6.07) is 26.5. The van der Waals surface area contributed by atoms with Crippen LogP contribution < -0.4 is 14.4 Å². The second-order valence-corrected chi connectivity index (χ2v) is 14.4. The topological polar surface area (TPSA) is 102 Å². The Labute approximate surface area is 294 Å². The maximum absolute atomic E-state index is 13.8. The van der Waals surface area contributed by atoms with Gasteiger partial charge in [0, 0.05) is 27.8 Å². The predicted octanol–water partition coefficient (Wildman–Crippen LogP) is 8.67. The molecule has 2 atom stereocenters. The molecule has 242 valence electrons. The normalized spacial score (nSPS) is 18.2. The molecule has 2 aliphatic rings. The molecule has 0 bridgehead atoms. The Hall–Kier alpha value is -4.35. The zero-order chi connectivity index (χ0) is 33.4. The van der Waals surface area contributed by atoms with Gasteiger partial charge in [0.25, 0.3) is 5.78 Å². The number of benzene rings is 4. The Kier molecular flexibility index (Phi) is 9.15. The highest BCUT2D eigenvalue weighted by molar-refractivity contribution is 8.00. The van der Waals surface area contributed by atoms with Crippen molar-refractivity contribution < 1.29 is 24.2 Å². The molecule has 3 heterocycles. The van der Waals surface area contributed by atoms with Crippen LogP contribution in [0.5, 0.6) is 11.5 Å². The zero-order valence-electron chi connectivity index (χ0n) is 25.4. The minimum absolute atomic E-state index is 0.00166. The molecule has 2 aliphatic heterocycles. The maximum Gasteiger partial charge on any atom is 0.301 e. The number of carbonyl (C=O) groups excluding carboxylic acids is 2. The average Bonchev–Trinajstić information content (AvgIpc) is 3.78. The fraction of sp³-hybridized carbons (Fsp3) is 0.167. The van der Waals surface area contributed by atoms with Crippen molar-refractivity contribution in [3.05, 3.63) is 134 Å². The molecule has 0 radical (unpaired) electrons. The van der Waals surface area contributed by atoms with Gasteiger partial charge in [0.1, 0.15) is 30.0 Å². The summed E-state index contributed by atoms with van der Waals surface area (Å²) >= 11 is 15.0. The molecule has 1 fully saturated rings. The SMILES string of the molecule is CC1Cc2cc(/C(O)=C3\C(=O)C(=O)N(c4nnc(SCc5ccc(Cl)cc5Cl)s4)C3c3cccc(OCc4ccccc4)c3)ccc2O1. The monoisotopic (exact) mass is 715 g/mol. The van der Waals surface area contributed by atoms with E-state index in [0.717, 1.165) is 22.4 Å². The van der Waals surface area contributed by atoms with Crippen molar-refractivity contribution in [2.45, 2.75) is 42.2 Å². The highest BCUT2D eigenvalue weighted by atomic mass is 35.5. The van der Waals surface area contributed by atoms with Gasteiger partial charge in [0.05, 0.1) is 11.6 Å². The van der Waals surface area contributed by atoms with Gasteiger partial charge in [-0.15, -0.1) is 10.2 Å². The molecule has 0 saturated carbocycles. The lowest BCUT2D eigenvalue weighted by molar-refractivity contribution is -0.132. The van der Waals surface area contributed by atoms with Crippen molar-refractivity contribution in [1.29, 1.82) is 0 Å². The van der Waals surface area contributed by atoms with Crippen LogP contribution in [-0.4, -0.2) is 33.1 Å². The number of ketones is 1. The van der Waals surface area contributed by atoms with E-state index in [-0.39, 0.29) is 22.6 Å². The Morgan fingerprint density at radius 1 is 1.02 bits per heavy atom. The number of Topliss-reactive ketones (excluding diaryl/α,β-unsaturated/α-hetero) is 1. The summed E-state index contributed by atoms with van der Waals surface area (Å²) in [6.07, 6.45) is 0.670. The van der Waals surface area contributed by atoms with Crippen molar-refractivity contribution >= 4 is 68.9 Å². The molecule has 5 aromatic rings. The van der Waals surface area contributed by atoms with Crippen LogP contribution in [0.15, 0.2) is 101 Å². The van der Waals surface area contributed by atoms with E-state index in [1.165, 1.54) is 28.0 Å². The summed E-state index contributed by atoms with van der Waals surface area (Å²) in [4.78, 5) is 28.9. The van der Waals surface area contributed by atoms with E-state index in [1.54, 1.807) is 48.5 Å². The number of amides is 1. The molecule has 0 spiro atoms. The fourth-order valence-corrected chi connectivity index (χ4v) is 8.15. The number of hydrogen-bond donors (Lipinski definition) is 1. The molecule has 8 nitrogen and oxygen atoms in total. The second kappa shape index (κ2) is 13.6. The van der Waals surface area contributed by atoms with Gasteiger partial charge >= 0.3 is 5.91 Å². The first-order valence-corrected chi connectivity index (χ1v) is 17.6. The second-order valence-electron chi connectivity index (χ2n) is 11.3. The summed E-state index contributed by atoms with van der Waals surface area (Å²) in [5.74, 6) is -0.152. The molecular weight excluding hydrogens is 689 g/mol. The van der Waals surface area contributed by atoms with Crippen molar-refractivity contribution in [2.24, 2.45) is 0 Å². The third-order valence-electron chi connectivity index (χ3n) is 8.00. The number of rotatable bonds is 9. The summed E-state index contributed by atoms with van der Waals surface area (Å²) < 4.78 is 12.5. The highest BCUT2D eigenvalue weighted by Crippen LogP contribution is 2.45. The van der Waals surface area contributed by atoms with Crippen molar-refractivity contribution in [2.75, 3.05) is 4.90 Å². The number of nitrogens with zero attached hydrogens (tertiary/aromatic N) is 3. The molecule has 4 aromatic carbocycles. The molecular formula is C36H27Cl2N3O5S2. The number of aliphatic hydroxyl groups is 1. The van der Waals surface area contributed by atoms with Crippen molar-refractivity contribution in [3.8, 4) is 11.5 Å². The van der Waals surface area contributed by atoms with Gasteiger partial charge in [-0.3, -0.25) is 14.5 Å². The minimum atomic E-state index is -0.995. The standard InChI is InChI=1S/C36H27Cl2N3O5S2/c1-20-14-25-15-23(11-13-29(25)46-20)32(42)30-31(22-8-5-9-27(16-22)45-18-21-6-3-2-4-7-21)41(34(44)33(30)43)35-39-40-36(48-35)47-19-24-10-12-26(37)17-28(24)38/h2-13,15-17,20,31,42H,14,18-19H2,1H3/b32-30+. The number of halogens is 2. The maximum atomic E-state index is 13.8. The van der Waals surface area contributed by atoms with E-state index in [0.29, 0.717) is 50.0 Å². The van der Waals surface area contributed by atoms with E-state index in [9.17, 15) is 14.7 Å². The third-order valence-corrected chi connectivity index (χ3v) is 10.7. The minimum Gasteiger partial charge on any atom is -0.507 e. The largest absolute Gasteiger partial charge is 0.507 e. The fourth-order valence-electron chi connectivity index (χ4n) is 5.72. The van der Waals surface area contributed by atoms with Gasteiger partial charge in [0.2, 0.25) is 5.13 Å². The number of fused-ring (bicyclic) bond motifs is 1. The summed E-state index contributed by atoms with van der Waals surface area (Å²) in [7, 11) is 0. The van der Waals surface area contributed by atoms with Crippen LogP contribution in [0, 0.1) is 0 Å². The Morgan fingerprint density at radius 3 is 2.67 bits per heavy atom. The van der Waals surface area contributed by atoms with Crippen LogP contribution in [0.2, 0.25) is 10.0 Å². The number of aliphatic hydroxyl groups excluding tert-OH is 1. The van der Waals surface area contributed by atoms with E-state index in [4.69, 9.17) is 32.7 Å². The van der Waals surface area contributed by atoms with Gasteiger partial charge < -0.3 is 14.6 Å². The van der Waals surface area contributed by atoms with Gasteiger partial charge in [-0.05, 0) is 71.6 Å². The van der Waals surface area contributed by atoms with E-state index in [1.807, 2.05) is 49.4 Å². The number of carbonyl (C=O) groups is 2. The molecule has 1 amide bonds. The predicted molar refractivity (Wildman–Crippen MR) is 188 cm³/mol. The number of hydrogen-bond acceptors (Lipinski definition) is 9. The Balaban J connectivity index is 1.25. The van der Waals surface area contributed by atoms with Crippen LogP contribution in [0.4, 0.5) is 5.13 Å². The van der Waals surface area contributed by atoms with Gasteiger partial charge in [0.15, 0.2) is 4.34 Å².